The molecule has 1 aliphatic heterocycles. The third-order valence-electron chi connectivity index (χ3n) is 5.80. The Morgan fingerprint density at radius 3 is 2.23 bits per heavy atom. The predicted molar refractivity (Wildman–Crippen MR) is 123 cm³/mol. The molecule has 0 fully saturated rings. The van der Waals surface area contributed by atoms with Gasteiger partial charge in [-0.2, -0.15) is 0 Å². The number of fused-ring (bicyclic) bond motifs is 1. The SMILES string of the molecule is COc1ccc(C(=O)N2c3ccccc3[C@H](N(C(C)=O)c3ccccc3)C[C@H]2C)cc1. The molecule has 0 bridgehead atoms. The molecule has 0 aliphatic carbocycles. The summed E-state index contributed by atoms with van der Waals surface area (Å²) < 4.78 is 5.21. The van der Waals surface area contributed by atoms with Crippen molar-refractivity contribution in [2.45, 2.75) is 32.4 Å². The van der Waals surface area contributed by atoms with Gasteiger partial charge in [0, 0.05) is 29.9 Å². The Morgan fingerprint density at radius 1 is 0.935 bits per heavy atom. The van der Waals surface area contributed by atoms with Crippen LogP contribution in [0.4, 0.5) is 11.4 Å². The molecule has 2 atom stereocenters. The molecule has 31 heavy (non-hydrogen) atoms. The average Bonchev–Trinajstić information content (AvgIpc) is 2.79. The first kappa shape index (κ1) is 20.7. The van der Waals surface area contributed by atoms with Gasteiger partial charge in [-0.3, -0.25) is 9.59 Å². The van der Waals surface area contributed by atoms with Crippen molar-refractivity contribution >= 4 is 23.2 Å². The lowest BCUT2D eigenvalue weighted by Gasteiger charge is -2.43. The summed E-state index contributed by atoms with van der Waals surface area (Å²) in [5.41, 5.74) is 3.28. The topological polar surface area (TPSA) is 49.9 Å². The Labute approximate surface area is 182 Å². The van der Waals surface area contributed by atoms with Gasteiger partial charge in [-0.25, -0.2) is 0 Å². The van der Waals surface area contributed by atoms with Crippen molar-refractivity contribution in [2.75, 3.05) is 16.9 Å². The van der Waals surface area contributed by atoms with Gasteiger partial charge >= 0.3 is 0 Å². The van der Waals surface area contributed by atoms with E-state index < -0.39 is 0 Å². The Kier molecular flexibility index (Phi) is 5.76. The van der Waals surface area contributed by atoms with Crippen LogP contribution in [0.3, 0.4) is 0 Å². The molecule has 0 radical (unpaired) electrons. The van der Waals surface area contributed by atoms with Gasteiger partial charge in [-0.05, 0) is 61.4 Å². The Hall–Kier alpha value is -3.60. The smallest absolute Gasteiger partial charge is 0.258 e. The highest BCUT2D eigenvalue weighted by Gasteiger charge is 2.38. The van der Waals surface area contributed by atoms with Crippen LogP contribution in [0.5, 0.6) is 5.75 Å². The van der Waals surface area contributed by atoms with Crippen LogP contribution in [-0.2, 0) is 4.79 Å². The van der Waals surface area contributed by atoms with Crippen molar-refractivity contribution in [3.05, 3.63) is 90.0 Å². The zero-order valence-electron chi connectivity index (χ0n) is 18.0. The summed E-state index contributed by atoms with van der Waals surface area (Å²) in [6.45, 7) is 3.63. The molecule has 0 saturated carbocycles. The Morgan fingerprint density at radius 2 is 1.58 bits per heavy atom. The van der Waals surface area contributed by atoms with Crippen molar-refractivity contribution in [1.29, 1.82) is 0 Å². The first-order valence-corrected chi connectivity index (χ1v) is 10.4. The van der Waals surface area contributed by atoms with E-state index in [1.807, 2.05) is 71.3 Å². The van der Waals surface area contributed by atoms with E-state index in [-0.39, 0.29) is 23.9 Å². The average molecular weight is 415 g/mol. The van der Waals surface area contributed by atoms with Crippen LogP contribution < -0.4 is 14.5 Å². The van der Waals surface area contributed by atoms with Crippen LogP contribution in [0, 0.1) is 0 Å². The monoisotopic (exact) mass is 414 g/mol. The van der Waals surface area contributed by atoms with Crippen LogP contribution >= 0.6 is 0 Å². The molecule has 3 aromatic rings. The van der Waals surface area contributed by atoms with Crippen LogP contribution in [0.2, 0.25) is 0 Å². The molecule has 0 spiro atoms. The lowest BCUT2D eigenvalue weighted by molar-refractivity contribution is -0.117. The van der Waals surface area contributed by atoms with Crippen molar-refractivity contribution in [1.82, 2.24) is 0 Å². The quantitative estimate of drug-likeness (QED) is 0.587. The summed E-state index contributed by atoms with van der Waals surface area (Å²) in [5, 5.41) is 0. The fourth-order valence-electron chi connectivity index (χ4n) is 4.38. The number of hydrogen-bond acceptors (Lipinski definition) is 3. The van der Waals surface area contributed by atoms with Gasteiger partial charge in [-0.15, -0.1) is 0 Å². The lowest BCUT2D eigenvalue weighted by Crippen LogP contribution is -2.47. The molecule has 5 heteroatoms. The number of rotatable bonds is 4. The minimum absolute atomic E-state index is 0.0202. The molecule has 158 valence electrons. The molecule has 0 saturated heterocycles. The molecule has 1 heterocycles. The maximum Gasteiger partial charge on any atom is 0.258 e. The summed E-state index contributed by atoms with van der Waals surface area (Å²) in [7, 11) is 1.60. The number of anilines is 2. The maximum atomic E-state index is 13.5. The molecule has 0 unspecified atom stereocenters. The standard InChI is InChI=1S/C26H26N2O3/c1-18-17-25(28(19(2)29)21-9-5-4-6-10-21)23-11-7-8-12-24(23)27(18)26(30)20-13-15-22(31-3)16-14-20/h4-16,18,25H,17H2,1-3H3/t18-,25-/m1/s1. The highest BCUT2D eigenvalue weighted by atomic mass is 16.5. The number of carbonyl (C=O) groups is 2. The number of benzene rings is 3. The van der Waals surface area contributed by atoms with Crippen LogP contribution in [0.25, 0.3) is 0 Å². The molecule has 5 nitrogen and oxygen atoms in total. The summed E-state index contributed by atoms with van der Waals surface area (Å²) >= 11 is 0. The van der Waals surface area contributed by atoms with Crippen LogP contribution in [-0.4, -0.2) is 25.0 Å². The number of amides is 2. The van der Waals surface area contributed by atoms with Crippen molar-refractivity contribution in [2.24, 2.45) is 0 Å². The first-order chi connectivity index (χ1) is 15.0. The van der Waals surface area contributed by atoms with Crippen molar-refractivity contribution in [3.8, 4) is 5.75 Å². The number of ether oxygens (including phenoxy) is 1. The third-order valence-corrected chi connectivity index (χ3v) is 5.80. The Bertz CT molecular complexity index is 1080. The van der Waals surface area contributed by atoms with Gasteiger partial charge in [-0.1, -0.05) is 36.4 Å². The second-order valence-electron chi connectivity index (χ2n) is 7.79. The zero-order valence-corrected chi connectivity index (χ0v) is 18.0. The van der Waals surface area contributed by atoms with Gasteiger partial charge in [0.05, 0.1) is 13.2 Å². The highest BCUT2D eigenvalue weighted by molar-refractivity contribution is 6.07. The molecule has 0 N–H and O–H groups in total. The number of nitrogens with zero attached hydrogens (tertiary/aromatic N) is 2. The van der Waals surface area contributed by atoms with Crippen molar-refractivity contribution in [3.63, 3.8) is 0 Å². The van der Waals surface area contributed by atoms with E-state index in [9.17, 15) is 9.59 Å². The summed E-state index contributed by atoms with van der Waals surface area (Å²) in [6.07, 6.45) is 0.646. The molecular formula is C26H26N2O3. The maximum absolute atomic E-state index is 13.5. The minimum atomic E-state index is -0.147. The van der Waals surface area contributed by atoms with E-state index >= 15 is 0 Å². The normalized spacial score (nSPS) is 17.6. The van der Waals surface area contributed by atoms with E-state index in [1.165, 1.54) is 0 Å². The number of methoxy groups -OCH3 is 1. The molecule has 2 amide bonds. The molecule has 3 aromatic carbocycles. The predicted octanol–water partition coefficient (Wildman–Crippen LogP) is 5.23. The summed E-state index contributed by atoms with van der Waals surface area (Å²) in [5.74, 6) is 0.631. The van der Waals surface area contributed by atoms with Crippen LogP contribution in [0.1, 0.15) is 42.2 Å². The van der Waals surface area contributed by atoms with Gasteiger partial charge in [0.2, 0.25) is 5.91 Å². The fourth-order valence-corrected chi connectivity index (χ4v) is 4.38. The second-order valence-corrected chi connectivity index (χ2v) is 7.79. The molecule has 0 aromatic heterocycles. The third kappa shape index (κ3) is 3.91. The van der Waals surface area contributed by atoms with Gasteiger partial charge < -0.3 is 14.5 Å². The minimum Gasteiger partial charge on any atom is -0.497 e. The van der Waals surface area contributed by atoms with E-state index in [2.05, 4.69) is 0 Å². The van der Waals surface area contributed by atoms with E-state index in [1.54, 1.807) is 38.3 Å². The molecule has 4 rings (SSSR count). The molecule has 1 aliphatic rings. The largest absolute Gasteiger partial charge is 0.497 e. The van der Waals surface area contributed by atoms with E-state index in [0.717, 1.165) is 16.9 Å². The second kappa shape index (κ2) is 8.64. The molecular weight excluding hydrogens is 388 g/mol. The van der Waals surface area contributed by atoms with Crippen LogP contribution in [0.15, 0.2) is 78.9 Å². The zero-order chi connectivity index (χ0) is 22.0. The van der Waals surface area contributed by atoms with Gasteiger partial charge in [0.25, 0.3) is 5.91 Å². The van der Waals surface area contributed by atoms with E-state index in [4.69, 9.17) is 4.74 Å². The van der Waals surface area contributed by atoms with Gasteiger partial charge in [0.1, 0.15) is 5.75 Å². The Balaban J connectivity index is 1.75. The number of para-hydroxylation sites is 2. The number of hydrogen-bond donors (Lipinski definition) is 0. The summed E-state index contributed by atoms with van der Waals surface area (Å²) in [6, 6.07) is 24.5. The summed E-state index contributed by atoms with van der Waals surface area (Å²) in [4.78, 5) is 29.8. The van der Waals surface area contributed by atoms with Crippen molar-refractivity contribution < 1.29 is 14.3 Å². The van der Waals surface area contributed by atoms with Gasteiger partial charge in [0.15, 0.2) is 0 Å². The lowest BCUT2D eigenvalue weighted by atomic mass is 9.89. The first-order valence-electron chi connectivity index (χ1n) is 10.4. The van der Waals surface area contributed by atoms with E-state index in [0.29, 0.717) is 17.7 Å². The number of carbonyl (C=O) groups excluding carboxylic acids is 2. The highest BCUT2D eigenvalue weighted by Crippen LogP contribution is 2.42. The fraction of sp³-hybridized carbons (Fsp3) is 0.231.